The van der Waals surface area contributed by atoms with Gasteiger partial charge >= 0.3 is 0 Å². The van der Waals surface area contributed by atoms with Gasteiger partial charge in [-0.05, 0) is 79.4 Å². The van der Waals surface area contributed by atoms with Crippen LogP contribution in [-0.2, 0) is 0 Å². The van der Waals surface area contributed by atoms with E-state index in [4.69, 9.17) is 5.73 Å². The molecule has 2 aliphatic rings. The van der Waals surface area contributed by atoms with Gasteiger partial charge in [-0.3, -0.25) is 14.6 Å². The highest BCUT2D eigenvalue weighted by Gasteiger charge is 2.32. The lowest BCUT2D eigenvalue weighted by Crippen LogP contribution is -2.48. The Balaban J connectivity index is 1.19. The second-order valence-corrected chi connectivity index (χ2v) is 10.2. The van der Waals surface area contributed by atoms with Crippen molar-refractivity contribution >= 4 is 29.0 Å². The van der Waals surface area contributed by atoms with E-state index in [2.05, 4.69) is 32.7 Å². The van der Waals surface area contributed by atoms with Crippen molar-refractivity contribution in [1.29, 1.82) is 0 Å². The topological polar surface area (TPSA) is 113 Å². The van der Waals surface area contributed by atoms with Crippen LogP contribution >= 0.6 is 0 Å². The van der Waals surface area contributed by atoms with E-state index in [-0.39, 0.29) is 17.7 Å². The smallest absolute Gasteiger partial charge is 0.257 e. The number of amides is 2. The number of nitrogens with one attached hydrogen (secondary N) is 2. The number of hydrogen-bond acceptors (Lipinski definition) is 6. The van der Waals surface area contributed by atoms with Gasteiger partial charge in [0.05, 0.1) is 11.3 Å². The molecule has 1 aliphatic carbocycles. The molecule has 5 rings (SSSR count). The number of aliphatic imine (C=N–C) groups is 1. The number of carbonyl (C=O) groups excluding carboxylic acids is 2. The van der Waals surface area contributed by atoms with Gasteiger partial charge < -0.3 is 21.3 Å². The van der Waals surface area contributed by atoms with E-state index in [1.54, 1.807) is 31.5 Å². The molecular weight excluding hydrogens is 488 g/mol. The summed E-state index contributed by atoms with van der Waals surface area (Å²) in [5, 5.41) is 6.33. The van der Waals surface area contributed by atoms with Crippen LogP contribution in [0.15, 0.2) is 78.1 Å². The number of anilines is 2. The van der Waals surface area contributed by atoms with Crippen LogP contribution in [0.5, 0.6) is 0 Å². The number of carbonyl (C=O) groups is 2. The van der Waals surface area contributed by atoms with Crippen molar-refractivity contribution in [1.82, 2.24) is 9.88 Å². The van der Waals surface area contributed by atoms with Gasteiger partial charge in [-0.2, -0.15) is 0 Å². The van der Waals surface area contributed by atoms with E-state index in [9.17, 15) is 9.59 Å². The van der Waals surface area contributed by atoms with Gasteiger partial charge in [0.15, 0.2) is 0 Å². The Morgan fingerprint density at radius 3 is 2.36 bits per heavy atom. The van der Waals surface area contributed by atoms with Gasteiger partial charge in [0, 0.05) is 49.5 Å². The normalized spacial score (nSPS) is 16.1. The molecule has 200 valence electrons. The minimum Gasteiger partial charge on any atom is -0.405 e. The number of benzene rings is 2. The molecule has 39 heavy (non-hydrogen) atoms. The third kappa shape index (κ3) is 5.85. The first kappa shape index (κ1) is 26.2. The van der Waals surface area contributed by atoms with E-state index in [1.165, 1.54) is 18.2 Å². The Bertz CT molecular complexity index is 1400. The Kier molecular flexibility index (Phi) is 7.72. The maximum atomic E-state index is 13.2. The number of likely N-dealkylation sites (tertiary alicyclic amines) is 1. The number of nitrogens with two attached hydrogens (primary N) is 1. The SMILES string of the molecule is CN=C(C=CN)c1ccc(C2CN(C(=O)c3ccc(C)c(NC(=O)c4ccc(NC5CCC5)nc4)c3)C2)cc1. The summed E-state index contributed by atoms with van der Waals surface area (Å²) in [4.78, 5) is 36.6. The Hall–Kier alpha value is -4.46. The highest BCUT2D eigenvalue weighted by atomic mass is 16.2. The van der Waals surface area contributed by atoms with Crippen molar-refractivity contribution in [2.24, 2.45) is 10.7 Å². The molecule has 1 saturated heterocycles. The molecule has 0 radical (unpaired) electrons. The fourth-order valence-electron chi connectivity index (χ4n) is 4.81. The minimum atomic E-state index is -0.254. The maximum Gasteiger partial charge on any atom is 0.257 e. The highest BCUT2D eigenvalue weighted by molar-refractivity contribution is 6.08. The zero-order valence-electron chi connectivity index (χ0n) is 22.4. The summed E-state index contributed by atoms with van der Waals surface area (Å²) in [7, 11) is 1.74. The summed E-state index contributed by atoms with van der Waals surface area (Å²) in [5.74, 6) is 0.775. The fraction of sp³-hybridized carbons (Fsp3) is 0.290. The molecule has 2 amide bonds. The van der Waals surface area contributed by atoms with Crippen LogP contribution in [0, 0.1) is 6.92 Å². The van der Waals surface area contributed by atoms with Crippen LogP contribution < -0.4 is 16.4 Å². The van der Waals surface area contributed by atoms with Crippen LogP contribution in [0.1, 0.15) is 62.6 Å². The lowest BCUT2D eigenvalue weighted by molar-refractivity contribution is 0.0602. The van der Waals surface area contributed by atoms with Gasteiger partial charge in [0.1, 0.15) is 5.82 Å². The van der Waals surface area contributed by atoms with Crippen LogP contribution in [0.2, 0.25) is 0 Å². The number of hydrogen-bond donors (Lipinski definition) is 3. The van der Waals surface area contributed by atoms with E-state index >= 15 is 0 Å². The molecule has 3 aromatic rings. The molecule has 1 aliphatic heterocycles. The van der Waals surface area contributed by atoms with Gasteiger partial charge in [-0.25, -0.2) is 4.98 Å². The Labute approximate surface area is 229 Å². The van der Waals surface area contributed by atoms with Gasteiger partial charge in [-0.15, -0.1) is 0 Å². The quantitative estimate of drug-likeness (QED) is 0.370. The van der Waals surface area contributed by atoms with Crippen LogP contribution in [-0.4, -0.2) is 53.6 Å². The molecule has 1 saturated carbocycles. The molecule has 0 spiro atoms. The first-order chi connectivity index (χ1) is 18.9. The minimum absolute atomic E-state index is 0.0417. The predicted octanol–water partition coefficient (Wildman–Crippen LogP) is 4.74. The predicted molar refractivity (Wildman–Crippen MR) is 156 cm³/mol. The molecule has 8 nitrogen and oxygen atoms in total. The largest absolute Gasteiger partial charge is 0.405 e. The molecule has 0 unspecified atom stereocenters. The van der Waals surface area contributed by atoms with E-state index < -0.39 is 0 Å². The highest BCUT2D eigenvalue weighted by Crippen LogP contribution is 2.30. The number of aryl methyl sites for hydroxylation is 1. The second kappa shape index (κ2) is 11.5. The fourth-order valence-corrected chi connectivity index (χ4v) is 4.81. The van der Waals surface area contributed by atoms with Crippen molar-refractivity contribution < 1.29 is 9.59 Å². The van der Waals surface area contributed by atoms with E-state index in [0.717, 1.165) is 35.5 Å². The second-order valence-electron chi connectivity index (χ2n) is 10.2. The third-order valence-electron chi connectivity index (χ3n) is 7.56. The Morgan fingerprint density at radius 2 is 1.74 bits per heavy atom. The lowest BCUT2D eigenvalue weighted by atomic mass is 9.90. The van der Waals surface area contributed by atoms with Crippen LogP contribution in [0.4, 0.5) is 11.5 Å². The summed E-state index contributed by atoms with van der Waals surface area (Å²) >= 11 is 0. The van der Waals surface area contributed by atoms with Gasteiger partial charge in [0.25, 0.3) is 11.8 Å². The van der Waals surface area contributed by atoms with E-state index in [0.29, 0.717) is 35.9 Å². The molecule has 2 heterocycles. The summed E-state index contributed by atoms with van der Waals surface area (Å²) < 4.78 is 0. The van der Waals surface area contributed by atoms with Crippen molar-refractivity contribution in [2.45, 2.75) is 38.1 Å². The average molecular weight is 523 g/mol. The van der Waals surface area contributed by atoms with Gasteiger partial charge in [-0.1, -0.05) is 30.3 Å². The Morgan fingerprint density at radius 1 is 1.03 bits per heavy atom. The number of allylic oxidation sites excluding steroid dienone is 1. The molecule has 2 fully saturated rings. The van der Waals surface area contributed by atoms with Crippen molar-refractivity contribution in [2.75, 3.05) is 30.8 Å². The average Bonchev–Trinajstić information content (AvgIpc) is 2.90. The van der Waals surface area contributed by atoms with Gasteiger partial charge in [0.2, 0.25) is 0 Å². The van der Waals surface area contributed by atoms with Crippen molar-refractivity contribution in [3.8, 4) is 0 Å². The zero-order chi connectivity index (χ0) is 27.4. The zero-order valence-corrected chi connectivity index (χ0v) is 22.4. The number of rotatable bonds is 8. The summed E-state index contributed by atoms with van der Waals surface area (Å²) in [6.45, 7) is 3.21. The summed E-state index contributed by atoms with van der Waals surface area (Å²) in [5.41, 5.74) is 11.1. The number of nitrogens with zero attached hydrogens (tertiary/aromatic N) is 3. The van der Waals surface area contributed by atoms with E-state index in [1.807, 2.05) is 42.2 Å². The van der Waals surface area contributed by atoms with Crippen molar-refractivity contribution in [3.63, 3.8) is 0 Å². The monoisotopic (exact) mass is 522 g/mol. The maximum absolute atomic E-state index is 13.2. The van der Waals surface area contributed by atoms with Crippen molar-refractivity contribution in [3.05, 3.63) is 101 Å². The molecule has 1 aromatic heterocycles. The number of aromatic nitrogens is 1. The first-order valence-electron chi connectivity index (χ1n) is 13.3. The molecule has 0 bridgehead atoms. The standard InChI is InChI=1S/C31H34N6O2/c1-20-6-7-23(16-28(20)36-30(38)24-12-13-29(34-17-24)35-26-4-3-5-26)31(39)37-18-25(19-37)21-8-10-22(11-9-21)27(33-2)14-15-32/h6-17,25-26H,3-5,18-19,32H2,1-2H3,(H,34,35)(H,36,38). The molecule has 8 heteroatoms. The molecule has 0 atom stereocenters. The van der Waals surface area contributed by atoms with Crippen LogP contribution in [0.25, 0.3) is 0 Å². The van der Waals surface area contributed by atoms with Crippen LogP contribution in [0.3, 0.4) is 0 Å². The molecular formula is C31H34N6O2. The summed E-state index contributed by atoms with van der Waals surface area (Å²) in [6.07, 6.45) is 8.40. The molecule has 2 aromatic carbocycles. The lowest BCUT2D eigenvalue weighted by Gasteiger charge is -2.39. The first-order valence-corrected chi connectivity index (χ1v) is 13.3. The number of pyridine rings is 1. The molecule has 4 N–H and O–H groups in total. The summed E-state index contributed by atoms with van der Waals surface area (Å²) in [6, 6.07) is 17.8. The third-order valence-corrected chi connectivity index (χ3v) is 7.56.